The molecule has 0 aliphatic carbocycles. The van der Waals surface area contributed by atoms with Gasteiger partial charge in [0.15, 0.2) is 0 Å². The lowest BCUT2D eigenvalue weighted by Crippen LogP contribution is -2.02. The second-order valence-corrected chi connectivity index (χ2v) is 5.75. The minimum Gasteiger partial charge on any atom is -0.508 e. The van der Waals surface area contributed by atoms with Crippen molar-refractivity contribution in [3.05, 3.63) is 59.0 Å². The third-order valence-electron chi connectivity index (χ3n) is 3.90. The number of phenols is 1. The fourth-order valence-electron chi connectivity index (χ4n) is 2.57. The van der Waals surface area contributed by atoms with E-state index in [1.807, 2.05) is 24.3 Å². The maximum absolute atomic E-state index is 12.2. The number of hydrogen-bond donors (Lipinski definition) is 1. The van der Waals surface area contributed by atoms with E-state index in [1.54, 1.807) is 18.2 Å². The van der Waals surface area contributed by atoms with E-state index in [0.29, 0.717) is 17.8 Å². The topological polar surface area (TPSA) is 59.7 Å². The maximum atomic E-state index is 12.2. The number of aromatic hydroxyl groups is 1. The van der Waals surface area contributed by atoms with Crippen molar-refractivity contribution in [2.75, 3.05) is 6.61 Å². The highest BCUT2D eigenvalue weighted by Crippen LogP contribution is 2.25. The monoisotopic (exact) mass is 324 g/mol. The van der Waals surface area contributed by atoms with Crippen LogP contribution in [0.4, 0.5) is 0 Å². The molecule has 2 aromatic carbocycles. The van der Waals surface area contributed by atoms with E-state index < -0.39 is 5.63 Å². The Labute approximate surface area is 140 Å². The molecule has 24 heavy (non-hydrogen) atoms. The van der Waals surface area contributed by atoms with Crippen LogP contribution in [0.2, 0.25) is 0 Å². The molecule has 0 fully saturated rings. The summed E-state index contributed by atoms with van der Waals surface area (Å²) < 4.78 is 11.0. The zero-order valence-electron chi connectivity index (χ0n) is 13.6. The van der Waals surface area contributed by atoms with Crippen molar-refractivity contribution in [3.8, 4) is 22.6 Å². The Morgan fingerprint density at radius 2 is 1.83 bits per heavy atom. The minimum absolute atomic E-state index is 0.0722. The summed E-state index contributed by atoms with van der Waals surface area (Å²) >= 11 is 0. The molecule has 1 aromatic heterocycles. The summed E-state index contributed by atoms with van der Waals surface area (Å²) in [6, 6.07) is 13.9. The van der Waals surface area contributed by atoms with E-state index in [4.69, 9.17) is 9.15 Å². The average Bonchev–Trinajstić information content (AvgIpc) is 2.59. The first kappa shape index (κ1) is 16.1. The quantitative estimate of drug-likeness (QED) is 0.526. The third-order valence-corrected chi connectivity index (χ3v) is 3.90. The van der Waals surface area contributed by atoms with Gasteiger partial charge in [-0.15, -0.1) is 0 Å². The number of unbranched alkanes of at least 4 members (excludes halogenated alkanes) is 2. The van der Waals surface area contributed by atoms with Gasteiger partial charge in [-0.25, -0.2) is 4.79 Å². The molecule has 0 atom stereocenters. The van der Waals surface area contributed by atoms with Crippen molar-refractivity contribution in [1.29, 1.82) is 0 Å². The maximum Gasteiger partial charge on any atom is 0.344 e. The van der Waals surface area contributed by atoms with Gasteiger partial charge in [-0.1, -0.05) is 31.9 Å². The molecule has 0 unspecified atom stereocenters. The summed E-state index contributed by atoms with van der Waals surface area (Å²) in [6.45, 7) is 2.86. The van der Waals surface area contributed by atoms with E-state index in [0.717, 1.165) is 36.0 Å². The molecular formula is C20H20O4. The first-order valence-corrected chi connectivity index (χ1v) is 8.17. The molecule has 1 heterocycles. The van der Waals surface area contributed by atoms with Crippen LogP contribution >= 0.6 is 0 Å². The first-order chi connectivity index (χ1) is 11.7. The van der Waals surface area contributed by atoms with Crippen LogP contribution in [0.25, 0.3) is 22.1 Å². The average molecular weight is 324 g/mol. The number of hydrogen-bond acceptors (Lipinski definition) is 4. The molecule has 0 saturated carbocycles. The fourth-order valence-corrected chi connectivity index (χ4v) is 2.57. The van der Waals surface area contributed by atoms with E-state index in [1.165, 1.54) is 6.07 Å². The lowest BCUT2D eigenvalue weighted by atomic mass is 10.1. The smallest absolute Gasteiger partial charge is 0.344 e. The van der Waals surface area contributed by atoms with Crippen molar-refractivity contribution in [2.24, 2.45) is 0 Å². The van der Waals surface area contributed by atoms with Crippen LogP contribution in [0.3, 0.4) is 0 Å². The Balaban J connectivity index is 1.83. The van der Waals surface area contributed by atoms with Gasteiger partial charge in [0.25, 0.3) is 0 Å². The van der Waals surface area contributed by atoms with Crippen molar-refractivity contribution in [3.63, 3.8) is 0 Å². The van der Waals surface area contributed by atoms with Gasteiger partial charge in [0.05, 0.1) is 12.2 Å². The minimum atomic E-state index is -0.426. The molecule has 124 valence electrons. The van der Waals surface area contributed by atoms with E-state index in [9.17, 15) is 9.90 Å². The summed E-state index contributed by atoms with van der Waals surface area (Å²) in [4.78, 5) is 12.2. The molecule has 1 N–H and O–H groups in total. The zero-order chi connectivity index (χ0) is 16.9. The van der Waals surface area contributed by atoms with Crippen LogP contribution in [0.5, 0.6) is 11.5 Å². The van der Waals surface area contributed by atoms with Crippen molar-refractivity contribution < 1.29 is 14.3 Å². The number of phenolic OH excluding ortho intramolecular Hbond substituents is 1. The van der Waals surface area contributed by atoms with Gasteiger partial charge in [-0.3, -0.25) is 0 Å². The van der Waals surface area contributed by atoms with E-state index in [2.05, 4.69) is 6.92 Å². The normalized spacial score (nSPS) is 10.9. The Morgan fingerprint density at radius 1 is 1.04 bits per heavy atom. The number of rotatable bonds is 6. The van der Waals surface area contributed by atoms with Crippen molar-refractivity contribution in [1.82, 2.24) is 0 Å². The highest BCUT2D eigenvalue weighted by molar-refractivity contribution is 5.82. The predicted octanol–water partition coefficient (Wildman–Crippen LogP) is 4.73. The van der Waals surface area contributed by atoms with E-state index >= 15 is 0 Å². The van der Waals surface area contributed by atoms with Gasteiger partial charge in [0.2, 0.25) is 0 Å². The van der Waals surface area contributed by atoms with Gasteiger partial charge < -0.3 is 14.3 Å². The molecule has 3 aromatic rings. The molecule has 0 saturated heterocycles. The molecule has 0 spiro atoms. The largest absolute Gasteiger partial charge is 0.508 e. The number of ether oxygens (including phenoxy) is 1. The predicted molar refractivity (Wildman–Crippen MR) is 94.6 cm³/mol. The number of benzene rings is 2. The molecule has 0 aliphatic heterocycles. The molecule has 0 radical (unpaired) electrons. The Bertz CT molecular complexity index is 878. The van der Waals surface area contributed by atoms with Crippen LogP contribution in [0.1, 0.15) is 26.2 Å². The Kier molecular flexibility index (Phi) is 4.85. The zero-order valence-corrected chi connectivity index (χ0v) is 13.6. The molecule has 3 rings (SSSR count). The molecular weight excluding hydrogens is 304 g/mol. The fraction of sp³-hybridized carbons (Fsp3) is 0.250. The van der Waals surface area contributed by atoms with Gasteiger partial charge in [-0.05, 0) is 42.3 Å². The first-order valence-electron chi connectivity index (χ1n) is 8.17. The SMILES string of the molecule is CCCCCOc1ccc(-c2cc3ccc(O)cc3oc2=O)cc1. The molecule has 4 nitrogen and oxygen atoms in total. The highest BCUT2D eigenvalue weighted by atomic mass is 16.5. The van der Waals surface area contributed by atoms with Crippen LogP contribution in [-0.2, 0) is 0 Å². The summed E-state index contributed by atoms with van der Waals surface area (Å²) in [5.74, 6) is 0.868. The van der Waals surface area contributed by atoms with Crippen molar-refractivity contribution in [2.45, 2.75) is 26.2 Å². The van der Waals surface area contributed by atoms with Crippen LogP contribution in [0.15, 0.2) is 57.7 Å². The Hall–Kier alpha value is -2.75. The summed E-state index contributed by atoms with van der Waals surface area (Å²) in [5, 5.41) is 10.2. The molecule has 0 bridgehead atoms. The summed E-state index contributed by atoms with van der Waals surface area (Å²) in [7, 11) is 0. The molecule has 0 amide bonds. The third kappa shape index (κ3) is 3.59. The lowest BCUT2D eigenvalue weighted by Gasteiger charge is -2.07. The van der Waals surface area contributed by atoms with Gasteiger partial charge in [-0.2, -0.15) is 0 Å². The van der Waals surface area contributed by atoms with Crippen LogP contribution in [0, 0.1) is 0 Å². The van der Waals surface area contributed by atoms with Crippen LogP contribution < -0.4 is 10.4 Å². The van der Waals surface area contributed by atoms with Crippen molar-refractivity contribution >= 4 is 11.0 Å². The molecule has 4 heteroatoms. The summed E-state index contributed by atoms with van der Waals surface area (Å²) in [6.07, 6.45) is 3.36. The van der Waals surface area contributed by atoms with E-state index in [-0.39, 0.29) is 5.75 Å². The van der Waals surface area contributed by atoms with Crippen LogP contribution in [-0.4, -0.2) is 11.7 Å². The highest BCUT2D eigenvalue weighted by Gasteiger charge is 2.08. The van der Waals surface area contributed by atoms with Gasteiger partial charge >= 0.3 is 5.63 Å². The summed E-state index contributed by atoms with van der Waals surface area (Å²) in [5.41, 5.74) is 1.22. The second kappa shape index (κ2) is 7.21. The van der Waals surface area contributed by atoms with Gasteiger partial charge in [0.1, 0.15) is 17.1 Å². The Morgan fingerprint density at radius 3 is 2.58 bits per heavy atom. The standard InChI is InChI=1S/C20H20O4/c1-2-3-4-11-23-17-9-6-14(7-10-17)18-12-15-5-8-16(21)13-19(15)24-20(18)22/h5-10,12-13,21H,2-4,11H2,1H3. The number of fused-ring (bicyclic) bond motifs is 1. The lowest BCUT2D eigenvalue weighted by molar-refractivity contribution is 0.306. The van der Waals surface area contributed by atoms with Gasteiger partial charge in [0, 0.05) is 11.5 Å². The molecule has 0 aliphatic rings. The second-order valence-electron chi connectivity index (χ2n) is 5.75.